The first-order chi connectivity index (χ1) is 9.22. The van der Waals surface area contributed by atoms with Gasteiger partial charge in [0.1, 0.15) is 0 Å². The number of nitrogens with one attached hydrogen (secondary N) is 1. The Kier molecular flexibility index (Phi) is 9.79. The molecule has 0 bridgehead atoms. The maximum absolute atomic E-state index is 11.9. The molecule has 0 radical (unpaired) electrons. The topological polar surface area (TPSA) is 35.6 Å². The molecule has 7 heteroatoms. The van der Waals surface area contributed by atoms with Crippen LogP contribution < -0.4 is 10.2 Å². The minimum absolute atomic E-state index is 0. The Morgan fingerprint density at radius 2 is 1.81 bits per heavy atom. The van der Waals surface area contributed by atoms with Gasteiger partial charge in [-0.25, -0.2) is 0 Å². The summed E-state index contributed by atoms with van der Waals surface area (Å²) in [6, 6.07) is 7.86. The molecule has 1 aliphatic rings. The van der Waals surface area contributed by atoms with Crippen LogP contribution >= 0.6 is 36.4 Å². The summed E-state index contributed by atoms with van der Waals surface area (Å²) in [5, 5.41) is 3.78. The molecule has 0 aromatic heterocycles. The van der Waals surface area contributed by atoms with Gasteiger partial charge < -0.3 is 15.1 Å². The highest BCUT2D eigenvalue weighted by Gasteiger charge is 2.21. The number of hydrogen-bond acceptors (Lipinski definition) is 3. The summed E-state index contributed by atoms with van der Waals surface area (Å²) in [6.45, 7) is 3.97. The monoisotopic (exact) mass is 353 g/mol. The average Bonchev–Trinajstić information content (AvgIpc) is 2.45. The summed E-state index contributed by atoms with van der Waals surface area (Å²) >= 11 is 6.19. The highest BCUT2D eigenvalue weighted by Crippen LogP contribution is 2.25. The zero-order valence-electron chi connectivity index (χ0n) is 12.0. The summed E-state index contributed by atoms with van der Waals surface area (Å²) in [5.74, 6) is 0.230. The molecule has 0 atom stereocenters. The highest BCUT2D eigenvalue weighted by atomic mass is 35.5. The van der Waals surface area contributed by atoms with E-state index in [4.69, 9.17) is 11.6 Å². The second kappa shape index (κ2) is 10.1. The van der Waals surface area contributed by atoms with E-state index in [1.54, 1.807) is 0 Å². The van der Waals surface area contributed by atoms with Gasteiger partial charge >= 0.3 is 0 Å². The van der Waals surface area contributed by atoms with Crippen molar-refractivity contribution in [1.82, 2.24) is 10.2 Å². The van der Waals surface area contributed by atoms with E-state index in [0.717, 1.165) is 43.4 Å². The van der Waals surface area contributed by atoms with Crippen LogP contribution in [0.25, 0.3) is 0 Å². The van der Waals surface area contributed by atoms with Crippen LogP contribution in [0.3, 0.4) is 0 Å². The third-order valence-corrected chi connectivity index (χ3v) is 3.73. The molecule has 1 saturated heterocycles. The number of nitrogens with zero attached hydrogens (tertiary/aromatic N) is 2. The molecule has 2 rings (SSSR count). The van der Waals surface area contributed by atoms with Crippen molar-refractivity contribution in [3.63, 3.8) is 0 Å². The van der Waals surface area contributed by atoms with E-state index < -0.39 is 0 Å². The molecule has 1 aromatic rings. The fourth-order valence-corrected chi connectivity index (χ4v) is 2.55. The summed E-state index contributed by atoms with van der Waals surface area (Å²) in [4.78, 5) is 16.1. The van der Waals surface area contributed by atoms with Crippen molar-refractivity contribution in [1.29, 1.82) is 0 Å². The predicted molar refractivity (Wildman–Crippen MR) is 93.3 cm³/mol. The molecule has 1 aromatic carbocycles. The zero-order valence-corrected chi connectivity index (χ0v) is 14.4. The van der Waals surface area contributed by atoms with Gasteiger partial charge in [0.05, 0.1) is 10.7 Å². The number of amides is 1. The largest absolute Gasteiger partial charge is 0.367 e. The molecule has 1 heterocycles. The van der Waals surface area contributed by atoms with E-state index in [0.29, 0.717) is 6.42 Å². The molecular weight excluding hydrogens is 333 g/mol. The number of benzene rings is 1. The van der Waals surface area contributed by atoms with Gasteiger partial charge in [-0.2, -0.15) is 0 Å². The van der Waals surface area contributed by atoms with Gasteiger partial charge in [0.25, 0.3) is 0 Å². The molecule has 120 valence electrons. The van der Waals surface area contributed by atoms with Crippen molar-refractivity contribution in [2.24, 2.45) is 0 Å². The number of anilines is 1. The van der Waals surface area contributed by atoms with Crippen LogP contribution in [0, 0.1) is 0 Å². The first kappa shape index (κ1) is 20.3. The van der Waals surface area contributed by atoms with Crippen molar-refractivity contribution in [2.75, 3.05) is 44.7 Å². The third-order valence-electron chi connectivity index (χ3n) is 3.41. The van der Waals surface area contributed by atoms with E-state index in [1.165, 1.54) is 0 Å². The lowest BCUT2D eigenvalue weighted by Gasteiger charge is -2.36. The van der Waals surface area contributed by atoms with Crippen molar-refractivity contribution in [2.45, 2.75) is 6.42 Å². The minimum Gasteiger partial charge on any atom is -0.367 e. The van der Waals surface area contributed by atoms with E-state index >= 15 is 0 Å². The van der Waals surface area contributed by atoms with Gasteiger partial charge in [-0.1, -0.05) is 23.7 Å². The second-order valence-corrected chi connectivity index (χ2v) is 5.08. The Labute approximate surface area is 143 Å². The maximum Gasteiger partial charge on any atom is 0.223 e. The highest BCUT2D eigenvalue weighted by molar-refractivity contribution is 6.33. The van der Waals surface area contributed by atoms with Crippen LogP contribution in [0.4, 0.5) is 5.69 Å². The Morgan fingerprint density at radius 1 is 1.19 bits per heavy atom. The smallest absolute Gasteiger partial charge is 0.223 e. The van der Waals surface area contributed by atoms with Crippen molar-refractivity contribution in [3.05, 3.63) is 29.3 Å². The molecule has 1 amide bonds. The first-order valence-corrected chi connectivity index (χ1v) is 7.02. The number of halogens is 3. The van der Waals surface area contributed by atoms with Crippen LogP contribution in [0.5, 0.6) is 0 Å². The molecule has 21 heavy (non-hydrogen) atoms. The number of carbonyl (C=O) groups is 1. The van der Waals surface area contributed by atoms with Gasteiger partial charge in [-0.15, -0.1) is 24.8 Å². The second-order valence-electron chi connectivity index (χ2n) is 4.67. The van der Waals surface area contributed by atoms with Crippen LogP contribution in [0.1, 0.15) is 6.42 Å². The Morgan fingerprint density at radius 3 is 2.38 bits per heavy atom. The predicted octanol–water partition coefficient (Wildman–Crippen LogP) is 2.44. The van der Waals surface area contributed by atoms with Crippen LogP contribution in [-0.2, 0) is 4.79 Å². The van der Waals surface area contributed by atoms with Crippen molar-refractivity contribution >= 4 is 48.0 Å². The summed E-state index contributed by atoms with van der Waals surface area (Å²) in [6.07, 6.45) is 0.572. The van der Waals surface area contributed by atoms with E-state index in [1.807, 2.05) is 36.2 Å². The number of hydrogen-bond donors (Lipinski definition) is 1. The van der Waals surface area contributed by atoms with Gasteiger partial charge in [0, 0.05) is 39.1 Å². The van der Waals surface area contributed by atoms with Gasteiger partial charge in [-0.3, -0.25) is 4.79 Å². The van der Waals surface area contributed by atoms with Gasteiger partial charge in [-0.05, 0) is 19.2 Å². The lowest BCUT2D eigenvalue weighted by atomic mass is 10.2. The average molecular weight is 355 g/mol. The molecule has 0 spiro atoms. The zero-order chi connectivity index (χ0) is 13.7. The molecule has 4 nitrogen and oxygen atoms in total. The molecule has 1 N–H and O–H groups in total. The van der Waals surface area contributed by atoms with E-state index in [2.05, 4.69) is 10.2 Å². The summed E-state index contributed by atoms with van der Waals surface area (Å²) < 4.78 is 0. The lowest BCUT2D eigenvalue weighted by molar-refractivity contribution is -0.131. The maximum atomic E-state index is 11.9. The Balaban J connectivity index is 0.00000200. The number of rotatable bonds is 4. The van der Waals surface area contributed by atoms with E-state index in [9.17, 15) is 4.79 Å². The number of carbonyl (C=O) groups excluding carboxylic acids is 1. The standard InChI is InChI=1S/C14H20ClN3O.2ClH/c1-16-7-6-14(19)18-10-8-17(9-11-18)13-5-3-2-4-12(13)15;;/h2-5,16H,6-11H2,1H3;2*1H. The molecule has 0 unspecified atom stereocenters. The van der Waals surface area contributed by atoms with Gasteiger partial charge in [0.15, 0.2) is 0 Å². The molecule has 0 aliphatic carbocycles. The SMILES string of the molecule is CNCCC(=O)N1CCN(c2ccccc2Cl)CC1.Cl.Cl. The van der Waals surface area contributed by atoms with Crippen molar-refractivity contribution in [3.8, 4) is 0 Å². The Hall–Kier alpha value is -0.680. The molecular formula is C14H22Cl3N3O. The molecule has 1 fully saturated rings. The quantitative estimate of drug-likeness (QED) is 0.902. The molecule has 0 saturated carbocycles. The van der Waals surface area contributed by atoms with Crippen LogP contribution in [0.2, 0.25) is 5.02 Å². The van der Waals surface area contributed by atoms with Crippen LogP contribution in [-0.4, -0.2) is 50.6 Å². The lowest BCUT2D eigenvalue weighted by Crippen LogP contribution is -2.49. The van der Waals surface area contributed by atoms with Crippen molar-refractivity contribution < 1.29 is 4.79 Å². The normalized spacial score (nSPS) is 14.2. The summed E-state index contributed by atoms with van der Waals surface area (Å²) in [5.41, 5.74) is 1.06. The Bertz CT molecular complexity index is 437. The fraction of sp³-hybridized carbons (Fsp3) is 0.500. The third kappa shape index (κ3) is 5.55. The minimum atomic E-state index is 0. The summed E-state index contributed by atoms with van der Waals surface area (Å²) in [7, 11) is 1.86. The fourth-order valence-electron chi connectivity index (χ4n) is 2.29. The van der Waals surface area contributed by atoms with Crippen LogP contribution in [0.15, 0.2) is 24.3 Å². The first-order valence-electron chi connectivity index (χ1n) is 6.64. The number of piperazine rings is 1. The van der Waals surface area contributed by atoms with E-state index in [-0.39, 0.29) is 30.7 Å². The number of para-hydroxylation sites is 1. The van der Waals surface area contributed by atoms with Gasteiger partial charge in [0.2, 0.25) is 5.91 Å². The molecule has 1 aliphatic heterocycles.